The van der Waals surface area contributed by atoms with Crippen LogP contribution in [0.2, 0.25) is 5.02 Å². The molecule has 0 unspecified atom stereocenters. The van der Waals surface area contributed by atoms with Gasteiger partial charge in [-0.1, -0.05) is 11.6 Å². The minimum Gasteiger partial charge on any atom is -0.371 e. The molecular weight excluding hydrogens is 186 g/mol. The molecule has 0 aromatic heterocycles. The fourth-order valence-electron chi connectivity index (χ4n) is 0.863. The molecule has 4 heteroatoms. The van der Waals surface area contributed by atoms with Crippen molar-refractivity contribution in [3.05, 3.63) is 28.8 Å². The van der Waals surface area contributed by atoms with Gasteiger partial charge in [-0.2, -0.15) is 10.5 Å². The maximum Gasteiger partial charge on any atom is 0.103 e. The maximum absolute atomic E-state index is 8.55. The van der Waals surface area contributed by atoms with Crippen LogP contribution in [-0.4, -0.2) is 6.54 Å². The Labute approximate surface area is 81.2 Å². The minimum absolute atomic E-state index is 0.200. The second-order valence-corrected chi connectivity index (χ2v) is 2.73. The highest BCUT2D eigenvalue weighted by Crippen LogP contribution is 2.22. The summed E-state index contributed by atoms with van der Waals surface area (Å²) in [7, 11) is 0. The molecule has 64 valence electrons. The molecule has 1 N–H and O–H groups in total. The van der Waals surface area contributed by atoms with E-state index in [4.69, 9.17) is 22.1 Å². The molecule has 0 saturated carbocycles. The molecule has 0 spiro atoms. The van der Waals surface area contributed by atoms with Gasteiger partial charge in [0.1, 0.15) is 6.54 Å². The Bertz CT molecular complexity index is 387. The van der Waals surface area contributed by atoms with Gasteiger partial charge in [-0.25, -0.2) is 0 Å². The number of nitrogens with zero attached hydrogens (tertiary/aromatic N) is 2. The van der Waals surface area contributed by atoms with Crippen molar-refractivity contribution < 1.29 is 0 Å². The van der Waals surface area contributed by atoms with Crippen molar-refractivity contribution >= 4 is 17.3 Å². The van der Waals surface area contributed by atoms with Crippen LogP contribution in [0.25, 0.3) is 0 Å². The summed E-state index contributed by atoms with van der Waals surface area (Å²) in [5, 5.41) is 20.1. The molecule has 1 aromatic carbocycles. The van der Waals surface area contributed by atoms with Crippen LogP contribution in [0.4, 0.5) is 5.69 Å². The number of hydrogen-bond donors (Lipinski definition) is 1. The molecule has 0 aliphatic heterocycles. The largest absolute Gasteiger partial charge is 0.371 e. The highest BCUT2D eigenvalue weighted by molar-refractivity contribution is 6.33. The quantitative estimate of drug-likeness (QED) is 0.729. The third-order valence-corrected chi connectivity index (χ3v) is 1.77. The van der Waals surface area contributed by atoms with Crippen LogP contribution < -0.4 is 5.32 Å². The molecule has 0 bridgehead atoms. The van der Waals surface area contributed by atoms with Crippen LogP contribution in [0.15, 0.2) is 18.2 Å². The fourth-order valence-corrected chi connectivity index (χ4v) is 1.11. The van der Waals surface area contributed by atoms with Gasteiger partial charge in [-0.05, 0) is 18.2 Å². The Morgan fingerprint density at radius 1 is 1.38 bits per heavy atom. The summed E-state index contributed by atoms with van der Waals surface area (Å²) in [6.07, 6.45) is 0. The average Bonchev–Trinajstić information content (AvgIpc) is 2.16. The molecule has 3 nitrogen and oxygen atoms in total. The summed E-state index contributed by atoms with van der Waals surface area (Å²) in [6.45, 7) is 0.200. The van der Waals surface area contributed by atoms with E-state index in [9.17, 15) is 0 Å². The van der Waals surface area contributed by atoms with Crippen molar-refractivity contribution in [1.82, 2.24) is 0 Å². The van der Waals surface area contributed by atoms with Crippen LogP contribution in [0.5, 0.6) is 0 Å². The van der Waals surface area contributed by atoms with Gasteiger partial charge in [0.25, 0.3) is 0 Å². The van der Waals surface area contributed by atoms with Crippen molar-refractivity contribution in [2.45, 2.75) is 0 Å². The van der Waals surface area contributed by atoms with Crippen molar-refractivity contribution in [2.24, 2.45) is 0 Å². The van der Waals surface area contributed by atoms with Crippen LogP contribution in [0, 0.1) is 22.7 Å². The first-order chi connectivity index (χ1) is 6.27. The van der Waals surface area contributed by atoms with Gasteiger partial charge in [-0.15, -0.1) is 0 Å². The lowest BCUT2D eigenvalue weighted by Crippen LogP contribution is -1.98. The molecule has 13 heavy (non-hydrogen) atoms. The van der Waals surface area contributed by atoms with Gasteiger partial charge in [0.2, 0.25) is 0 Å². The van der Waals surface area contributed by atoms with Gasteiger partial charge in [0, 0.05) is 0 Å². The fraction of sp³-hybridized carbons (Fsp3) is 0.111. The molecule has 0 atom stereocenters. The molecule has 0 aliphatic rings. The van der Waals surface area contributed by atoms with Crippen LogP contribution in [0.3, 0.4) is 0 Å². The number of nitriles is 2. The van der Waals surface area contributed by atoms with Crippen LogP contribution in [0.1, 0.15) is 5.56 Å². The van der Waals surface area contributed by atoms with Crippen LogP contribution >= 0.6 is 11.6 Å². The number of hydrogen-bond acceptors (Lipinski definition) is 3. The Balaban J connectivity index is 2.88. The molecule has 1 rings (SSSR count). The van der Waals surface area contributed by atoms with Crippen molar-refractivity contribution in [3.63, 3.8) is 0 Å². The SMILES string of the molecule is N#CCNc1ccc(C#N)cc1Cl. The second-order valence-electron chi connectivity index (χ2n) is 2.32. The number of benzene rings is 1. The summed E-state index contributed by atoms with van der Waals surface area (Å²) in [5.74, 6) is 0. The standard InChI is InChI=1S/C9H6ClN3/c10-8-5-7(6-12)1-2-9(8)13-4-3-11/h1-2,5,13H,4H2. The van der Waals surface area contributed by atoms with Gasteiger partial charge in [-0.3, -0.25) is 0 Å². The maximum atomic E-state index is 8.55. The molecule has 0 radical (unpaired) electrons. The number of halogens is 1. The van der Waals surface area contributed by atoms with E-state index in [1.807, 2.05) is 12.1 Å². The lowest BCUT2D eigenvalue weighted by atomic mass is 10.2. The zero-order valence-corrected chi connectivity index (χ0v) is 7.47. The van der Waals surface area contributed by atoms with E-state index in [0.717, 1.165) is 0 Å². The second kappa shape index (κ2) is 4.35. The third-order valence-electron chi connectivity index (χ3n) is 1.46. The van der Waals surface area contributed by atoms with Gasteiger partial charge >= 0.3 is 0 Å². The molecular formula is C9H6ClN3. The Morgan fingerprint density at radius 3 is 2.69 bits per heavy atom. The molecule has 0 fully saturated rings. The van der Waals surface area contributed by atoms with Crippen molar-refractivity contribution in [3.8, 4) is 12.1 Å². The van der Waals surface area contributed by atoms with E-state index >= 15 is 0 Å². The van der Waals surface area contributed by atoms with Crippen LogP contribution in [-0.2, 0) is 0 Å². The highest BCUT2D eigenvalue weighted by Gasteiger charge is 1.99. The molecule has 0 saturated heterocycles. The van der Waals surface area contributed by atoms with Gasteiger partial charge in [0.05, 0.1) is 28.4 Å². The summed E-state index contributed by atoms with van der Waals surface area (Å²) in [6, 6.07) is 8.79. The average molecular weight is 192 g/mol. The van der Waals surface area contributed by atoms with Crippen molar-refractivity contribution in [1.29, 1.82) is 10.5 Å². The van der Waals surface area contributed by atoms with Crippen molar-refractivity contribution in [2.75, 3.05) is 11.9 Å². The summed E-state index contributed by atoms with van der Waals surface area (Å²) < 4.78 is 0. The molecule has 0 heterocycles. The minimum atomic E-state index is 0.200. The van der Waals surface area contributed by atoms with E-state index in [0.29, 0.717) is 16.3 Å². The van der Waals surface area contributed by atoms with E-state index in [2.05, 4.69) is 5.32 Å². The number of anilines is 1. The zero-order chi connectivity index (χ0) is 9.68. The predicted molar refractivity (Wildman–Crippen MR) is 50.3 cm³/mol. The summed E-state index contributed by atoms with van der Waals surface area (Å²) >= 11 is 5.82. The summed E-state index contributed by atoms with van der Waals surface area (Å²) in [5.41, 5.74) is 1.18. The topological polar surface area (TPSA) is 59.6 Å². The zero-order valence-electron chi connectivity index (χ0n) is 6.71. The van der Waals surface area contributed by atoms with E-state index in [-0.39, 0.29) is 6.54 Å². The van der Waals surface area contributed by atoms with Gasteiger partial charge < -0.3 is 5.32 Å². The van der Waals surface area contributed by atoms with E-state index in [1.54, 1.807) is 18.2 Å². The monoisotopic (exact) mass is 191 g/mol. The lowest BCUT2D eigenvalue weighted by Gasteiger charge is -2.03. The first kappa shape index (κ1) is 9.38. The van der Waals surface area contributed by atoms with E-state index < -0.39 is 0 Å². The van der Waals surface area contributed by atoms with Gasteiger partial charge in [0.15, 0.2) is 0 Å². The number of rotatable bonds is 2. The predicted octanol–water partition coefficient (Wildman–Crippen LogP) is 2.15. The highest BCUT2D eigenvalue weighted by atomic mass is 35.5. The lowest BCUT2D eigenvalue weighted by molar-refractivity contribution is 1.31. The first-order valence-electron chi connectivity index (χ1n) is 3.58. The molecule has 0 amide bonds. The number of nitrogens with one attached hydrogen (secondary N) is 1. The summed E-state index contributed by atoms with van der Waals surface area (Å²) in [4.78, 5) is 0. The Hall–Kier alpha value is -1.71. The van der Waals surface area contributed by atoms with E-state index in [1.165, 1.54) is 0 Å². The smallest absolute Gasteiger partial charge is 0.103 e. The first-order valence-corrected chi connectivity index (χ1v) is 3.96. The Kier molecular flexibility index (Phi) is 3.14. The third kappa shape index (κ3) is 2.37. The normalized spacial score (nSPS) is 8.54. The Morgan fingerprint density at radius 2 is 2.15 bits per heavy atom. The molecule has 1 aromatic rings. The molecule has 0 aliphatic carbocycles.